The Labute approximate surface area is 251 Å². The Balaban J connectivity index is 1.37. The van der Waals surface area contributed by atoms with Gasteiger partial charge in [0.15, 0.2) is 0 Å². The molecule has 0 aromatic heterocycles. The van der Waals surface area contributed by atoms with Crippen LogP contribution in [0.1, 0.15) is 63.9 Å². The van der Waals surface area contributed by atoms with E-state index in [1.165, 1.54) is 12.8 Å². The minimum atomic E-state index is -3.38. The molecule has 10 heteroatoms. The van der Waals surface area contributed by atoms with Crippen molar-refractivity contribution in [1.29, 1.82) is 0 Å². The van der Waals surface area contributed by atoms with Gasteiger partial charge in [-0.2, -0.15) is 0 Å². The molecular weight excluding hydrogens is 552 g/mol. The van der Waals surface area contributed by atoms with E-state index in [9.17, 15) is 18.0 Å². The molecule has 0 saturated carbocycles. The molecule has 2 amide bonds. The zero-order valence-corrected chi connectivity index (χ0v) is 25.9. The van der Waals surface area contributed by atoms with Crippen molar-refractivity contribution in [2.75, 3.05) is 50.6 Å². The molecule has 1 spiro atoms. The largest absolute Gasteiger partial charge is 0.496 e. The third kappa shape index (κ3) is 7.64. The lowest BCUT2D eigenvalue weighted by atomic mass is 9.86. The molecular formula is C32H46N4O5S. The van der Waals surface area contributed by atoms with Crippen LogP contribution in [-0.2, 0) is 26.0 Å². The van der Waals surface area contributed by atoms with Gasteiger partial charge in [-0.25, -0.2) is 12.7 Å². The fourth-order valence-corrected chi connectivity index (χ4v) is 7.69. The lowest BCUT2D eigenvalue weighted by Crippen LogP contribution is -2.57. The SMILES string of the molecule is CCCCCCCCS(=O)(=O)N1CCC2(CC1)C(=O)N(CC(=O)NCCc1ccccc1OC)CN2c1ccccc1. The number of nitrogens with zero attached hydrogens (tertiary/aromatic N) is 3. The van der Waals surface area contributed by atoms with Crippen LogP contribution in [0.5, 0.6) is 5.75 Å². The Morgan fingerprint density at radius 1 is 0.952 bits per heavy atom. The van der Waals surface area contributed by atoms with Crippen LogP contribution in [0, 0.1) is 0 Å². The number of unbranched alkanes of at least 4 members (excludes halogenated alkanes) is 5. The summed E-state index contributed by atoms with van der Waals surface area (Å²) in [5.74, 6) is 0.604. The highest BCUT2D eigenvalue weighted by molar-refractivity contribution is 7.89. The zero-order valence-electron chi connectivity index (χ0n) is 25.1. The van der Waals surface area contributed by atoms with E-state index in [1.807, 2.05) is 54.6 Å². The summed E-state index contributed by atoms with van der Waals surface area (Å²) in [7, 11) is -1.75. The number of methoxy groups -OCH3 is 1. The minimum absolute atomic E-state index is 0.0457. The van der Waals surface area contributed by atoms with Crippen LogP contribution in [0.4, 0.5) is 5.69 Å². The first-order chi connectivity index (χ1) is 20.3. The van der Waals surface area contributed by atoms with E-state index in [-0.39, 0.29) is 30.8 Å². The summed E-state index contributed by atoms with van der Waals surface area (Å²) in [5, 5.41) is 2.94. The van der Waals surface area contributed by atoms with E-state index >= 15 is 0 Å². The number of ether oxygens (including phenoxy) is 1. The van der Waals surface area contributed by atoms with Crippen molar-refractivity contribution in [1.82, 2.24) is 14.5 Å². The molecule has 0 radical (unpaired) electrons. The highest BCUT2D eigenvalue weighted by atomic mass is 32.2. The average molecular weight is 599 g/mol. The molecule has 0 bridgehead atoms. The molecule has 2 saturated heterocycles. The third-order valence-corrected chi connectivity index (χ3v) is 10.5. The number of carbonyl (C=O) groups is 2. The number of rotatable bonds is 15. The topological polar surface area (TPSA) is 99.3 Å². The monoisotopic (exact) mass is 598 g/mol. The summed E-state index contributed by atoms with van der Waals surface area (Å²) in [4.78, 5) is 30.5. The van der Waals surface area contributed by atoms with Gasteiger partial charge in [0.2, 0.25) is 21.8 Å². The second-order valence-corrected chi connectivity index (χ2v) is 13.4. The molecule has 9 nitrogen and oxygen atoms in total. The third-order valence-electron chi connectivity index (χ3n) is 8.52. The van der Waals surface area contributed by atoms with Crippen LogP contribution < -0.4 is 15.0 Å². The van der Waals surface area contributed by atoms with E-state index in [0.717, 1.165) is 36.3 Å². The van der Waals surface area contributed by atoms with E-state index in [0.29, 0.717) is 45.3 Å². The fourth-order valence-electron chi connectivity index (χ4n) is 6.13. The highest BCUT2D eigenvalue weighted by Gasteiger charge is 2.54. The first-order valence-electron chi connectivity index (χ1n) is 15.3. The Kier molecular flexibility index (Phi) is 11.3. The van der Waals surface area contributed by atoms with Gasteiger partial charge in [-0.05, 0) is 49.4 Å². The van der Waals surface area contributed by atoms with Crippen molar-refractivity contribution >= 4 is 27.5 Å². The molecule has 2 aliphatic heterocycles. The molecule has 1 N–H and O–H groups in total. The number of carbonyl (C=O) groups excluding carboxylic acids is 2. The van der Waals surface area contributed by atoms with Crippen LogP contribution in [0.25, 0.3) is 0 Å². The number of sulfonamides is 1. The second kappa shape index (κ2) is 14.9. The quantitative estimate of drug-likeness (QED) is 0.309. The molecule has 2 heterocycles. The van der Waals surface area contributed by atoms with Gasteiger partial charge in [0.1, 0.15) is 17.8 Å². The first kappa shape index (κ1) is 31.8. The van der Waals surface area contributed by atoms with Gasteiger partial charge >= 0.3 is 0 Å². The van der Waals surface area contributed by atoms with Crippen molar-refractivity contribution in [3.8, 4) is 5.75 Å². The summed E-state index contributed by atoms with van der Waals surface area (Å²) >= 11 is 0. The molecule has 0 unspecified atom stereocenters. The van der Waals surface area contributed by atoms with Gasteiger partial charge in [0.05, 0.1) is 19.5 Å². The molecule has 230 valence electrons. The Hall–Kier alpha value is -3.11. The maximum absolute atomic E-state index is 14.0. The van der Waals surface area contributed by atoms with Gasteiger partial charge in [-0.15, -0.1) is 0 Å². The number of nitrogens with one attached hydrogen (secondary N) is 1. The number of para-hydroxylation sites is 2. The molecule has 2 aromatic carbocycles. The van der Waals surface area contributed by atoms with Crippen LogP contribution in [0.2, 0.25) is 0 Å². The molecule has 0 aliphatic carbocycles. The minimum Gasteiger partial charge on any atom is -0.496 e. The van der Waals surface area contributed by atoms with Crippen LogP contribution in [-0.4, -0.2) is 80.7 Å². The van der Waals surface area contributed by atoms with Crippen molar-refractivity contribution in [2.24, 2.45) is 0 Å². The van der Waals surface area contributed by atoms with Crippen LogP contribution in [0.3, 0.4) is 0 Å². The summed E-state index contributed by atoms with van der Waals surface area (Å²) in [6.07, 6.45) is 7.56. The van der Waals surface area contributed by atoms with Gasteiger partial charge in [0, 0.05) is 25.3 Å². The second-order valence-electron chi connectivity index (χ2n) is 11.3. The summed E-state index contributed by atoms with van der Waals surface area (Å²) in [5.41, 5.74) is 1.03. The molecule has 2 fully saturated rings. The highest BCUT2D eigenvalue weighted by Crippen LogP contribution is 2.40. The predicted octanol–water partition coefficient (Wildman–Crippen LogP) is 4.19. The Morgan fingerprint density at radius 3 is 2.33 bits per heavy atom. The van der Waals surface area contributed by atoms with E-state index in [2.05, 4.69) is 17.1 Å². The number of anilines is 1. The van der Waals surface area contributed by atoms with Gasteiger partial charge in [-0.1, -0.05) is 75.4 Å². The van der Waals surface area contributed by atoms with Crippen molar-refractivity contribution in [3.05, 3.63) is 60.2 Å². The van der Waals surface area contributed by atoms with E-state index in [1.54, 1.807) is 16.3 Å². The number of benzene rings is 2. The summed E-state index contributed by atoms with van der Waals surface area (Å²) in [6.45, 7) is 3.43. The number of amides is 2. The zero-order chi connectivity index (χ0) is 30.0. The number of hydrogen-bond donors (Lipinski definition) is 1. The maximum atomic E-state index is 14.0. The van der Waals surface area contributed by atoms with Gasteiger partial charge < -0.3 is 19.9 Å². The van der Waals surface area contributed by atoms with Crippen LogP contribution in [0.15, 0.2) is 54.6 Å². The molecule has 2 aromatic rings. The van der Waals surface area contributed by atoms with Crippen molar-refractivity contribution in [3.63, 3.8) is 0 Å². The summed E-state index contributed by atoms with van der Waals surface area (Å²) in [6, 6.07) is 17.4. The Bertz CT molecular complexity index is 1280. The van der Waals surface area contributed by atoms with Gasteiger partial charge in [-0.3, -0.25) is 9.59 Å². The lowest BCUT2D eigenvalue weighted by molar-refractivity contribution is -0.137. The normalized spacial score (nSPS) is 17.1. The number of hydrogen-bond acceptors (Lipinski definition) is 6. The smallest absolute Gasteiger partial charge is 0.250 e. The first-order valence-corrected chi connectivity index (χ1v) is 16.9. The molecule has 2 aliphatic rings. The standard InChI is InChI=1S/C32H46N4O5S/c1-3-4-5-6-7-13-24-42(39,40)35-22-19-32(20-23-35)31(38)34(26-36(32)28-15-9-8-10-16-28)25-30(37)33-21-18-27-14-11-12-17-29(27)41-2/h8-12,14-17H,3-7,13,18-26H2,1-2H3,(H,33,37). The maximum Gasteiger partial charge on any atom is 0.250 e. The predicted molar refractivity (Wildman–Crippen MR) is 166 cm³/mol. The Morgan fingerprint density at radius 2 is 1.62 bits per heavy atom. The molecule has 42 heavy (non-hydrogen) atoms. The van der Waals surface area contributed by atoms with E-state index < -0.39 is 15.6 Å². The molecule has 0 atom stereocenters. The van der Waals surface area contributed by atoms with Gasteiger partial charge in [0.25, 0.3) is 0 Å². The number of piperidine rings is 1. The molecule has 4 rings (SSSR count). The van der Waals surface area contributed by atoms with Crippen molar-refractivity contribution in [2.45, 2.75) is 70.3 Å². The average Bonchev–Trinajstić information content (AvgIpc) is 3.25. The fraction of sp³-hybridized carbons (Fsp3) is 0.562. The summed E-state index contributed by atoms with van der Waals surface area (Å²) < 4.78 is 33.2. The van der Waals surface area contributed by atoms with E-state index in [4.69, 9.17) is 4.74 Å². The lowest BCUT2D eigenvalue weighted by Gasteiger charge is -2.42. The van der Waals surface area contributed by atoms with Crippen molar-refractivity contribution < 1.29 is 22.7 Å². The van der Waals surface area contributed by atoms with Crippen LogP contribution >= 0.6 is 0 Å².